The molecule has 1 aliphatic carbocycles. The molecule has 2 N–H and O–H groups in total. The molecule has 1 fully saturated rings. The van der Waals surface area contributed by atoms with Gasteiger partial charge in [0.25, 0.3) is 11.5 Å². The van der Waals surface area contributed by atoms with Crippen LogP contribution in [0.5, 0.6) is 0 Å². The van der Waals surface area contributed by atoms with Gasteiger partial charge in [0.05, 0.1) is 10.9 Å². The van der Waals surface area contributed by atoms with Gasteiger partial charge in [-0.25, -0.2) is 13.9 Å². The Kier molecular flexibility index (Phi) is 7.61. The van der Waals surface area contributed by atoms with Crippen LogP contribution >= 0.6 is 0 Å². The van der Waals surface area contributed by atoms with Crippen molar-refractivity contribution in [1.82, 2.24) is 29.4 Å². The summed E-state index contributed by atoms with van der Waals surface area (Å²) in [5, 5.41) is 10.6. The maximum absolute atomic E-state index is 13.4. The third-order valence-corrected chi connectivity index (χ3v) is 6.84. The molecular weight excluding hydrogens is 460 g/mol. The van der Waals surface area contributed by atoms with Crippen molar-refractivity contribution in [3.63, 3.8) is 0 Å². The van der Waals surface area contributed by atoms with Crippen LogP contribution in [0.3, 0.4) is 0 Å². The number of nitrogens with one attached hydrogen (secondary N) is 2. The zero-order chi connectivity index (χ0) is 26.0. The maximum Gasteiger partial charge on any atom is 0.352 e. The van der Waals surface area contributed by atoms with Gasteiger partial charge in [0.15, 0.2) is 0 Å². The summed E-state index contributed by atoms with van der Waals surface area (Å²) in [4.78, 5) is 52.4. The molecule has 0 aliphatic heterocycles. The molecule has 0 radical (unpaired) electrons. The van der Waals surface area contributed by atoms with E-state index < -0.39 is 5.69 Å². The number of hydrogen-bond donors (Lipinski definition) is 2. The lowest BCUT2D eigenvalue weighted by atomic mass is 9.95. The van der Waals surface area contributed by atoms with E-state index in [0.29, 0.717) is 23.0 Å². The second-order valence-electron chi connectivity index (χ2n) is 10.3. The minimum absolute atomic E-state index is 0.0320. The van der Waals surface area contributed by atoms with Gasteiger partial charge in [-0.3, -0.25) is 19.0 Å². The van der Waals surface area contributed by atoms with Crippen LogP contribution in [0.25, 0.3) is 16.7 Å². The van der Waals surface area contributed by atoms with Gasteiger partial charge in [0.1, 0.15) is 6.54 Å². The molecule has 1 aromatic carbocycles. The Labute approximate surface area is 209 Å². The second kappa shape index (κ2) is 10.7. The van der Waals surface area contributed by atoms with Gasteiger partial charge in [-0.1, -0.05) is 40.0 Å². The lowest BCUT2D eigenvalue weighted by molar-refractivity contribution is -0.122. The molecule has 2 amide bonds. The molecule has 10 nitrogen and oxygen atoms in total. The van der Waals surface area contributed by atoms with Gasteiger partial charge in [0.2, 0.25) is 11.7 Å². The van der Waals surface area contributed by atoms with Gasteiger partial charge in [-0.15, -0.1) is 5.10 Å². The maximum atomic E-state index is 13.4. The zero-order valence-corrected chi connectivity index (χ0v) is 21.5. The fourth-order valence-electron chi connectivity index (χ4n) is 4.76. The number of carbonyl (C=O) groups is 2. The number of amides is 2. The number of carbonyl (C=O) groups excluding carboxylic acids is 2. The SMILES string of the molecule is CC[C@H](C)NC(=O)Cn1nc2n(CC(C)C)c(=O)c3ccc(C(=O)NC4CCCCC4)cc3n2c1=O. The van der Waals surface area contributed by atoms with E-state index in [0.717, 1.165) is 36.8 Å². The topological polar surface area (TPSA) is 120 Å². The summed E-state index contributed by atoms with van der Waals surface area (Å²) in [6.45, 7) is 7.89. The van der Waals surface area contributed by atoms with E-state index in [1.54, 1.807) is 18.2 Å². The number of fused-ring (bicyclic) bond motifs is 3. The average molecular weight is 497 g/mol. The highest BCUT2D eigenvalue weighted by molar-refractivity contribution is 5.98. The lowest BCUT2D eigenvalue weighted by Gasteiger charge is -2.22. The quantitative estimate of drug-likeness (QED) is 0.496. The molecule has 1 saturated carbocycles. The van der Waals surface area contributed by atoms with Crippen LogP contribution in [0.1, 0.15) is 76.6 Å². The average Bonchev–Trinajstić information content (AvgIpc) is 3.17. The smallest absolute Gasteiger partial charge is 0.352 e. The third-order valence-electron chi connectivity index (χ3n) is 6.84. The highest BCUT2D eigenvalue weighted by Gasteiger charge is 2.22. The lowest BCUT2D eigenvalue weighted by Crippen LogP contribution is -2.37. The van der Waals surface area contributed by atoms with E-state index in [4.69, 9.17) is 0 Å². The number of nitrogens with zero attached hydrogens (tertiary/aromatic N) is 4. The van der Waals surface area contributed by atoms with Crippen molar-refractivity contribution in [2.75, 3.05) is 0 Å². The van der Waals surface area contributed by atoms with Crippen LogP contribution in [0, 0.1) is 5.92 Å². The fraction of sp³-hybridized carbons (Fsp3) is 0.577. The number of benzene rings is 1. The first-order chi connectivity index (χ1) is 17.2. The van der Waals surface area contributed by atoms with Gasteiger partial charge in [0, 0.05) is 24.2 Å². The normalized spacial score (nSPS) is 15.5. The van der Waals surface area contributed by atoms with Crippen molar-refractivity contribution in [3.8, 4) is 0 Å². The molecule has 0 unspecified atom stereocenters. The number of hydrogen-bond acceptors (Lipinski definition) is 5. The Bertz CT molecular complexity index is 1390. The van der Waals surface area contributed by atoms with Gasteiger partial charge in [-0.2, -0.15) is 0 Å². The van der Waals surface area contributed by atoms with Gasteiger partial charge in [-0.05, 0) is 50.3 Å². The second-order valence-corrected chi connectivity index (χ2v) is 10.3. The molecule has 194 valence electrons. The van der Waals surface area contributed by atoms with Crippen LogP contribution in [-0.2, 0) is 17.9 Å². The molecule has 1 atom stereocenters. The summed E-state index contributed by atoms with van der Waals surface area (Å²) in [5.41, 5.74) is -0.127. The van der Waals surface area contributed by atoms with E-state index in [1.165, 1.54) is 15.4 Å². The predicted octanol–water partition coefficient (Wildman–Crippen LogP) is 2.44. The van der Waals surface area contributed by atoms with Crippen molar-refractivity contribution >= 4 is 28.5 Å². The van der Waals surface area contributed by atoms with Crippen molar-refractivity contribution in [2.24, 2.45) is 5.92 Å². The Hall–Kier alpha value is -3.43. The van der Waals surface area contributed by atoms with E-state index in [9.17, 15) is 19.2 Å². The summed E-state index contributed by atoms with van der Waals surface area (Å²) in [6, 6.07) is 4.91. The van der Waals surface area contributed by atoms with E-state index in [-0.39, 0.29) is 47.7 Å². The Morgan fingerprint density at radius 3 is 2.50 bits per heavy atom. The largest absolute Gasteiger partial charge is 0.352 e. The van der Waals surface area contributed by atoms with Crippen molar-refractivity contribution in [1.29, 1.82) is 0 Å². The molecule has 2 aromatic heterocycles. The van der Waals surface area contributed by atoms with Crippen LogP contribution in [0.15, 0.2) is 27.8 Å². The Balaban J connectivity index is 1.82. The molecule has 4 rings (SSSR count). The van der Waals surface area contributed by atoms with Crippen molar-refractivity contribution in [3.05, 3.63) is 44.6 Å². The molecule has 0 bridgehead atoms. The summed E-state index contributed by atoms with van der Waals surface area (Å²) >= 11 is 0. The first-order valence-electron chi connectivity index (χ1n) is 13.0. The monoisotopic (exact) mass is 496 g/mol. The molecule has 10 heteroatoms. The third kappa shape index (κ3) is 5.22. The highest BCUT2D eigenvalue weighted by Crippen LogP contribution is 2.19. The number of rotatable bonds is 8. The molecule has 0 saturated heterocycles. The number of aromatic nitrogens is 4. The van der Waals surface area contributed by atoms with Gasteiger partial charge < -0.3 is 10.6 Å². The van der Waals surface area contributed by atoms with E-state index in [1.807, 2.05) is 27.7 Å². The standard InChI is InChI=1S/C26H36N6O4/c1-5-17(4)27-22(33)15-31-26(36)32-21-13-18(23(34)28-19-9-7-6-8-10-19)11-12-20(21)24(35)30(14-16(2)3)25(32)29-31/h11-13,16-17,19H,5-10,14-15H2,1-4H3,(H,27,33)(H,28,34)/t17-/m0/s1. The van der Waals surface area contributed by atoms with E-state index >= 15 is 0 Å². The molecular formula is C26H36N6O4. The molecule has 3 aromatic rings. The zero-order valence-electron chi connectivity index (χ0n) is 21.5. The van der Waals surface area contributed by atoms with Crippen molar-refractivity contribution in [2.45, 2.75) is 91.4 Å². The summed E-state index contributed by atoms with van der Waals surface area (Å²) in [7, 11) is 0. The van der Waals surface area contributed by atoms with Crippen LogP contribution in [0.2, 0.25) is 0 Å². The molecule has 2 heterocycles. The van der Waals surface area contributed by atoms with Crippen LogP contribution in [-0.4, -0.2) is 42.6 Å². The van der Waals surface area contributed by atoms with E-state index in [2.05, 4.69) is 15.7 Å². The Morgan fingerprint density at radius 1 is 1.11 bits per heavy atom. The van der Waals surface area contributed by atoms with Gasteiger partial charge >= 0.3 is 5.69 Å². The highest BCUT2D eigenvalue weighted by atomic mass is 16.2. The fourth-order valence-corrected chi connectivity index (χ4v) is 4.76. The summed E-state index contributed by atoms with van der Waals surface area (Å²) in [5.74, 6) is -0.271. The van der Waals surface area contributed by atoms with Crippen LogP contribution < -0.4 is 21.9 Å². The Morgan fingerprint density at radius 2 is 1.83 bits per heavy atom. The minimum atomic E-state index is -0.531. The summed E-state index contributed by atoms with van der Waals surface area (Å²) < 4.78 is 3.89. The minimum Gasteiger partial charge on any atom is -0.352 e. The first kappa shape index (κ1) is 25.7. The van der Waals surface area contributed by atoms with Crippen LogP contribution in [0.4, 0.5) is 0 Å². The first-order valence-corrected chi connectivity index (χ1v) is 13.0. The summed E-state index contributed by atoms with van der Waals surface area (Å²) in [6.07, 6.45) is 6.04. The predicted molar refractivity (Wildman–Crippen MR) is 138 cm³/mol. The molecule has 0 spiro atoms. The van der Waals surface area contributed by atoms with Crippen molar-refractivity contribution < 1.29 is 9.59 Å². The molecule has 36 heavy (non-hydrogen) atoms. The molecule has 1 aliphatic rings.